The van der Waals surface area contributed by atoms with Crippen LogP contribution in [0, 0.1) is 0 Å². The van der Waals surface area contributed by atoms with Crippen molar-refractivity contribution in [3.63, 3.8) is 0 Å². The summed E-state index contributed by atoms with van der Waals surface area (Å²) in [7, 11) is -3.78. The molecule has 3 aromatic rings. The number of amides is 2. The molecule has 2 aromatic carbocycles. The number of hydrazine groups is 1. The number of carbonyl (C=O) groups is 2. The summed E-state index contributed by atoms with van der Waals surface area (Å²) in [5.74, 6) is -0.265. The Labute approximate surface area is 166 Å². The Morgan fingerprint density at radius 1 is 0.931 bits per heavy atom. The Hall–Kier alpha value is -3.69. The molecule has 0 spiro atoms. The molecule has 4 rings (SSSR count). The topological polar surface area (TPSA) is 123 Å². The standard InChI is InChI=1S/C20H15N3O5S/c21-29(26,27)16-9-6-13(7-10-16)18-11-8-15(28-18)12-17-19(24)22-23(20(17)25)14-4-2-1-3-5-14/h1-12H,(H,22,24)(H2,21,26,27)/b17-12-. The molecule has 0 bridgehead atoms. The van der Waals surface area contributed by atoms with Gasteiger partial charge in [0.1, 0.15) is 17.1 Å². The zero-order valence-corrected chi connectivity index (χ0v) is 15.7. The highest BCUT2D eigenvalue weighted by Crippen LogP contribution is 2.26. The van der Waals surface area contributed by atoms with E-state index in [0.717, 1.165) is 0 Å². The van der Waals surface area contributed by atoms with Gasteiger partial charge < -0.3 is 4.42 Å². The van der Waals surface area contributed by atoms with E-state index in [1.165, 1.54) is 23.2 Å². The summed E-state index contributed by atoms with van der Waals surface area (Å²) in [6, 6.07) is 17.9. The van der Waals surface area contributed by atoms with Crippen LogP contribution < -0.4 is 15.6 Å². The van der Waals surface area contributed by atoms with Crippen molar-refractivity contribution in [2.75, 3.05) is 5.01 Å². The van der Waals surface area contributed by atoms with Crippen molar-refractivity contribution in [2.24, 2.45) is 5.14 Å². The third-order valence-corrected chi connectivity index (χ3v) is 5.22. The molecule has 2 amide bonds. The molecule has 1 aliphatic heterocycles. The van der Waals surface area contributed by atoms with Crippen molar-refractivity contribution < 1.29 is 22.4 Å². The number of carbonyl (C=O) groups excluding carboxylic acids is 2. The number of sulfonamides is 1. The van der Waals surface area contributed by atoms with E-state index in [9.17, 15) is 18.0 Å². The third kappa shape index (κ3) is 3.68. The number of para-hydroxylation sites is 1. The van der Waals surface area contributed by atoms with E-state index >= 15 is 0 Å². The lowest BCUT2D eigenvalue weighted by Crippen LogP contribution is -2.35. The minimum atomic E-state index is -3.78. The number of furan rings is 1. The van der Waals surface area contributed by atoms with E-state index in [-0.39, 0.29) is 10.5 Å². The van der Waals surface area contributed by atoms with Crippen molar-refractivity contribution in [1.29, 1.82) is 0 Å². The highest BCUT2D eigenvalue weighted by atomic mass is 32.2. The molecule has 0 radical (unpaired) electrons. The fourth-order valence-corrected chi connectivity index (χ4v) is 3.37. The zero-order chi connectivity index (χ0) is 20.6. The van der Waals surface area contributed by atoms with Gasteiger partial charge in [-0.1, -0.05) is 18.2 Å². The maximum Gasteiger partial charge on any atom is 0.282 e. The number of rotatable bonds is 4. The van der Waals surface area contributed by atoms with Crippen molar-refractivity contribution in [2.45, 2.75) is 4.90 Å². The van der Waals surface area contributed by atoms with E-state index < -0.39 is 21.8 Å². The predicted molar refractivity (Wildman–Crippen MR) is 106 cm³/mol. The summed E-state index contributed by atoms with van der Waals surface area (Å²) in [6.07, 6.45) is 1.36. The molecule has 1 aromatic heterocycles. The Bertz CT molecular complexity index is 1230. The van der Waals surface area contributed by atoms with Crippen LogP contribution in [-0.2, 0) is 19.6 Å². The Morgan fingerprint density at radius 3 is 2.28 bits per heavy atom. The molecule has 1 saturated heterocycles. The van der Waals surface area contributed by atoms with E-state index in [2.05, 4.69) is 5.43 Å². The van der Waals surface area contributed by atoms with E-state index in [1.54, 1.807) is 48.5 Å². The van der Waals surface area contributed by atoms with Gasteiger partial charge in [-0.2, -0.15) is 0 Å². The second kappa shape index (κ2) is 7.04. The van der Waals surface area contributed by atoms with Crippen LogP contribution in [0.2, 0.25) is 0 Å². The lowest BCUT2D eigenvalue weighted by Gasteiger charge is -2.13. The third-order valence-electron chi connectivity index (χ3n) is 4.29. The first-order valence-electron chi connectivity index (χ1n) is 8.48. The van der Waals surface area contributed by atoms with Gasteiger partial charge in [0.15, 0.2) is 0 Å². The number of hydrogen-bond donors (Lipinski definition) is 2. The molecule has 0 aliphatic carbocycles. The van der Waals surface area contributed by atoms with Gasteiger partial charge in [0.05, 0.1) is 10.6 Å². The minimum absolute atomic E-state index is 0.00984. The van der Waals surface area contributed by atoms with Crippen molar-refractivity contribution in [3.8, 4) is 11.3 Å². The average Bonchev–Trinajstić information content (AvgIpc) is 3.28. The molecule has 1 fully saturated rings. The molecule has 3 N–H and O–H groups in total. The van der Waals surface area contributed by atoms with Gasteiger partial charge in [0.2, 0.25) is 10.0 Å². The number of nitrogens with zero attached hydrogens (tertiary/aromatic N) is 1. The first-order chi connectivity index (χ1) is 13.8. The fourth-order valence-electron chi connectivity index (χ4n) is 2.85. The summed E-state index contributed by atoms with van der Waals surface area (Å²) >= 11 is 0. The van der Waals surface area contributed by atoms with Crippen LogP contribution in [0.1, 0.15) is 5.76 Å². The minimum Gasteiger partial charge on any atom is -0.457 e. The smallest absolute Gasteiger partial charge is 0.282 e. The Kier molecular flexibility index (Phi) is 4.53. The summed E-state index contributed by atoms with van der Waals surface area (Å²) in [5.41, 5.74) is 3.63. The lowest BCUT2D eigenvalue weighted by molar-refractivity contribution is -0.117. The van der Waals surface area contributed by atoms with Gasteiger partial charge in [0.25, 0.3) is 11.8 Å². The second-order valence-corrected chi connectivity index (χ2v) is 7.81. The number of benzene rings is 2. The molecule has 29 heavy (non-hydrogen) atoms. The number of primary sulfonamides is 1. The van der Waals surface area contributed by atoms with Crippen molar-refractivity contribution in [3.05, 3.63) is 78.1 Å². The van der Waals surface area contributed by atoms with Crippen LogP contribution >= 0.6 is 0 Å². The quantitative estimate of drug-likeness (QED) is 0.504. The lowest BCUT2D eigenvalue weighted by atomic mass is 10.2. The monoisotopic (exact) mass is 409 g/mol. The van der Waals surface area contributed by atoms with Crippen molar-refractivity contribution in [1.82, 2.24) is 5.43 Å². The summed E-state index contributed by atoms with van der Waals surface area (Å²) < 4.78 is 28.4. The van der Waals surface area contributed by atoms with Crippen LogP contribution in [-0.4, -0.2) is 20.2 Å². The molecular formula is C20H15N3O5S. The molecule has 8 nitrogen and oxygen atoms in total. The maximum absolute atomic E-state index is 12.6. The van der Waals surface area contributed by atoms with Gasteiger partial charge in [0, 0.05) is 5.56 Å². The van der Waals surface area contributed by atoms with E-state index in [0.29, 0.717) is 22.8 Å². The Morgan fingerprint density at radius 2 is 1.62 bits per heavy atom. The number of hydrogen-bond acceptors (Lipinski definition) is 5. The average molecular weight is 409 g/mol. The van der Waals surface area contributed by atoms with Crippen LogP contribution in [0.4, 0.5) is 5.69 Å². The normalized spacial score (nSPS) is 15.8. The largest absolute Gasteiger partial charge is 0.457 e. The molecule has 2 heterocycles. The molecule has 9 heteroatoms. The SMILES string of the molecule is NS(=O)(=O)c1ccc(-c2ccc(/C=C3/C(=O)NN(c4ccccc4)C3=O)o2)cc1. The van der Waals surface area contributed by atoms with Crippen molar-refractivity contribution >= 4 is 33.6 Å². The molecule has 146 valence electrons. The predicted octanol–water partition coefficient (Wildman–Crippen LogP) is 2.06. The summed E-state index contributed by atoms with van der Waals surface area (Å²) in [4.78, 5) is 24.8. The fraction of sp³-hybridized carbons (Fsp3) is 0. The van der Waals surface area contributed by atoms with E-state index in [4.69, 9.17) is 9.56 Å². The zero-order valence-electron chi connectivity index (χ0n) is 14.9. The van der Waals surface area contributed by atoms with E-state index in [1.807, 2.05) is 6.07 Å². The second-order valence-electron chi connectivity index (χ2n) is 6.25. The van der Waals surface area contributed by atoms with Crippen LogP contribution in [0.25, 0.3) is 17.4 Å². The first kappa shape index (κ1) is 18.7. The van der Waals surface area contributed by atoms with Gasteiger partial charge >= 0.3 is 0 Å². The molecule has 0 unspecified atom stereocenters. The van der Waals surface area contributed by atoms with Gasteiger partial charge in [-0.05, 0) is 54.6 Å². The van der Waals surface area contributed by atoms with Gasteiger partial charge in [-0.25, -0.2) is 18.6 Å². The van der Waals surface area contributed by atoms with Crippen LogP contribution in [0.3, 0.4) is 0 Å². The number of nitrogens with two attached hydrogens (primary N) is 1. The maximum atomic E-state index is 12.6. The molecule has 0 atom stereocenters. The molecule has 0 saturated carbocycles. The van der Waals surface area contributed by atoms with Crippen LogP contribution in [0.5, 0.6) is 0 Å². The number of anilines is 1. The van der Waals surface area contributed by atoms with Gasteiger partial charge in [-0.3, -0.25) is 15.0 Å². The summed E-state index contributed by atoms with van der Waals surface area (Å²) in [6.45, 7) is 0. The van der Waals surface area contributed by atoms with Crippen LogP contribution in [0.15, 0.2) is 81.6 Å². The number of nitrogens with one attached hydrogen (secondary N) is 1. The Balaban J connectivity index is 1.59. The van der Waals surface area contributed by atoms with Gasteiger partial charge in [-0.15, -0.1) is 0 Å². The highest BCUT2D eigenvalue weighted by molar-refractivity contribution is 7.89. The summed E-state index contributed by atoms with van der Waals surface area (Å²) in [5, 5.41) is 6.26. The molecular weight excluding hydrogens is 394 g/mol. The highest BCUT2D eigenvalue weighted by Gasteiger charge is 2.34. The molecule has 1 aliphatic rings. The first-order valence-corrected chi connectivity index (χ1v) is 10.0.